The van der Waals surface area contributed by atoms with Crippen molar-refractivity contribution < 1.29 is 19.1 Å². The molecule has 2 amide bonds. The molecule has 2 aromatic heterocycles. The maximum atomic E-state index is 13.7. The molecule has 11 heteroatoms. The Kier molecular flexibility index (Phi) is 11.7. The van der Waals surface area contributed by atoms with Crippen molar-refractivity contribution in [2.24, 2.45) is 5.73 Å². The van der Waals surface area contributed by atoms with E-state index in [0.717, 1.165) is 35.4 Å². The third kappa shape index (κ3) is 7.92. The van der Waals surface area contributed by atoms with Crippen molar-refractivity contribution in [3.63, 3.8) is 0 Å². The van der Waals surface area contributed by atoms with Crippen molar-refractivity contribution >= 4 is 29.7 Å². The summed E-state index contributed by atoms with van der Waals surface area (Å²) in [6, 6.07) is 3.95. The van der Waals surface area contributed by atoms with Gasteiger partial charge in [-0.1, -0.05) is 18.2 Å². The number of likely N-dealkylation sites (tertiary alicyclic amines) is 1. The van der Waals surface area contributed by atoms with Gasteiger partial charge in [0.1, 0.15) is 17.8 Å². The maximum Gasteiger partial charge on any atom is 0.248 e. The van der Waals surface area contributed by atoms with E-state index in [4.69, 9.17) is 15.0 Å². The summed E-state index contributed by atoms with van der Waals surface area (Å²) in [6.07, 6.45) is 12.8. The highest BCUT2D eigenvalue weighted by atomic mass is 32.2. The van der Waals surface area contributed by atoms with Gasteiger partial charge in [-0.15, -0.1) is 11.8 Å². The number of allylic oxidation sites excluding steroid dienone is 7. The molecular formula is C29H37FN6O3S. The summed E-state index contributed by atoms with van der Waals surface area (Å²) in [7, 11) is 2.08. The summed E-state index contributed by atoms with van der Waals surface area (Å²) in [5.74, 6) is -0.213. The number of hydrogen-bond acceptors (Lipinski definition) is 7. The predicted molar refractivity (Wildman–Crippen MR) is 156 cm³/mol. The van der Waals surface area contributed by atoms with Crippen LogP contribution in [0, 0.1) is 6.92 Å². The van der Waals surface area contributed by atoms with Gasteiger partial charge >= 0.3 is 0 Å². The molecule has 214 valence electrons. The molecule has 1 fully saturated rings. The zero-order valence-corrected chi connectivity index (χ0v) is 23.9. The number of nitrogens with two attached hydrogens (primary N) is 1. The molecule has 3 aliphatic rings. The van der Waals surface area contributed by atoms with Gasteiger partial charge in [0.25, 0.3) is 0 Å². The highest BCUT2D eigenvalue weighted by molar-refractivity contribution is 8.02. The number of H-pyrrole nitrogens is 1. The van der Waals surface area contributed by atoms with Crippen molar-refractivity contribution in [3.8, 4) is 0 Å². The number of nitrogens with one attached hydrogen (secondary N) is 1. The lowest BCUT2D eigenvalue weighted by Gasteiger charge is -2.33. The molecule has 4 N–H and O–H groups in total. The number of pyridine rings is 1. The number of nitrogens with zero attached hydrogens (tertiary/aromatic N) is 4. The zero-order chi connectivity index (χ0) is 29.1. The third-order valence-corrected chi connectivity index (χ3v) is 8.21. The minimum Gasteiger partial charge on any atom is -0.387 e. The van der Waals surface area contributed by atoms with Gasteiger partial charge in [0.2, 0.25) is 12.3 Å². The Morgan fingerprint density at radius 1 is 1.30 bits per heavy atom. The molecule has 0 saturated carbocycles. The van der Waals surface area contributed by atoms with E-state index in [2.05, 4.69) is 40.1 Å². The van der Waals surface area contributed by atoms with Crippen LogP contribution in [0.2, 0.25) is 0 Å². The number of primary amides is 1. The monoisotopic (exact) mass is 568 g/mol. The lowest BCUT2D eigenvalue weighted by atomic mass is 9.89. The van der Waals surface area contributed by atoms with Crippen LogP contribution >= 0.6 is 11.8 Å². The van der Waals surface area contributed by atoms with Gasteiger partial charge in [0.05, 0.1) is 5.69 Å². The molecule has 0 radical (unpaired) electrons. The molecule has 0 spiro atoms. The Morgan fingerprint density at radius 2 is 2.02 bits per heavy atom. The van der Waals surface area contributed by atoms with Crippen LogP contribution in [0.1, 0.15) is 60.0 Å². The standard InChI is InChI=1S/C22H27FN4O2S.C6H7N.CH3NO/c1-14-13-30-22(26(14)2)19-20(15-4-3-5-17(23)7-6-15)24-25-21(19)16-8-10-27(11-9-16)18(29)12-28;1-6-3-2-4-7-5-6;2-1-3/h3,5-7,13,16,22,28H,4,8-12H2,1-2H3,(H,24,25);2-5H,1H3;1H,(H2,2,3). The van der Waals surface area contributed by atoms with Crippen LogP contribution in [-0.2, 0) is 9.59 Å². The predicted octanol–water partition coefficient (Wildman–Crippen LogP) is 4.33. The first-order chi connectivity index (χ1) is 19.3. The second-order valence-electron chi connectivity index (χ2n) is 9.59. The second kappa shape index (κ2) is 15.2. The van der Waals surface area contributed by atoms with E-state index in [0.29, 0.717) is 19.5 Å². The number of hydrogen-bond donors (Lipinski definition) is 3. The van der Waals surface area contributed by atoms with Gasteiger partial charge < -0.3 is 20.6 Å². The molecule has 40 heavy (non-hydrogen) atoms. The Morgan fingerprint density at radius 3 is 2.58 bits per heavy atom. The van der Waals surface area contributed by atoms with E-state index >= 15 is 0 Å². The van der Waals surface area contributed by atoms with Crippen molar-refractivity contribution in [2.45, 2.75) is 44.4 Å². The van der Waals surface area contributed by atoms with Gasteiger partial charge in [-0.25, -0.2) is 4.39 Å². The molecule has 1 unspecified atom stereocenters. The summed E-state index contributed by atoms with van der Waals surface area (Å²) in [4.78, 5) is 28.3. The molecule has 1 saturated heterocycles. The molecule has 0 aromatic carbocycles. The number of halogens is 1. The van der Waals surface area contributed by atoms with E-state index in [9.17, 15) is 9.18 Å². The van der Waals surface area contributed by atoms with Gasteiger partial charge in [0.15, 0.2) is 0 Å². The molecule has 1 atom stereocenters. The number of carbonyl (C=O) groups is 2. The first kappa shape index (κ1) is 30.8. The highest BCUT2D eigenvalue weighted by Crippen LogP contribution is 2.47. The van der Waals surface area contributed by atoms with Crippen LogP contribution in [0.4, 0.5) is 4.39 Å². The minimum absolute atomic E-state index is 0.104. The number of carbonyl (C=O) groups excluding carboxylic acids is 2. The summed E-state index contributed by atoms with van der Waals surface area (Å²) in [5, 5.41) is 19.4. The zero-order valence-electron chi connectivity index (χ0n) is 23.1. The Hall–Kier alpha value is -3.70. The SMILES string of the molecule is CC1=CSC(c2c(C3=CC=C(F)C=CC3)n[nH]c2C2CCN(C(=O)CO)CC2)N1C.Cc1cccnc1.NC=O. The molecule has 2 aliphatic heterocycles. The van der Waals surface area contributed by atoms with Crippen molar-refractivity contribution in [1.29, 1.82) is 0 Å². The van der Waals surface area contributed by atoms with Crippen LogP contribution < -0.4 is 5.73 Å². The van der Waals surface area contributed by atoms with E-state index in [1.165, 1.54) is 23.4 Å². The quantitative estimate of drug-likeness (QED) is 0.468. The number of aryl methyl sites for hydroxylation is 1. The highest BCUT2D eigenvalue weighted by Gasteiger charge is 2.34. The molecule has 4 heterocycles. The molecular weight excluding hydrogens is 531 g/mol. The fourth-order valence-corrected chi connectivity index (χ4v) is 5.91. The number of aliphatic hydroxyl groups excluding tert-OH is 1. The maximum absolute atomic E-state index is 13.7. The van der Waals surface area contributed by atoms with E-state index in [1.54, 1.807) is 22.9 Å². The molecule has 1 aliphatic carbocycles. The normalized spacial score (nSPS) is 18.8. The number of rotatable bonds is 4. The largest absolute Gasteiger partial charge is 0.387 e. The van der Waals surface area contributed by atoms with Gasteiger partial charge in [-0.05, 0) is 67.9 Å². The Balaban J connectivity index is 0.000000374. The summed E-state index contributed by atoms with van der Waals surface area (Å²) >= 11 is 1.76. The first-order valence-electron chi connectivity index (χ1n) is 13.1. The van der Waals surface area contributed by atoms with Crippen LogP contribution in [0.25, 0.3) is 5.57 Å². The lowest BCUT2D eigenvalue weighted by molar-refractivity contribution is -0.135. The molecule has 2 aromatic rings. The number of amides is 2. The van der Waals surface area contributed by atoms with Gasteiger partial charge in [0, 0.05) is 55.4 Å². The number of thioether (sulfide) groups is 1. The van der Waals surface area contributed by atoms with Crippen LogP contribution in [0.5, 0.6) is 0 Å². The average Bonchev–Trinajstić information content (AvgIpc) is 3.46. The van der Waals surface area contributed by atoms with Crippen molar-refractivity contribution in [3.05, 3.63) is 88.3 Å². The van der Waals surface area contributed by atoms with Crippen molar-refractivity contribution in [1.82, 2.24) is 25.0 Å². The van der Waals surface area contributed by atoms with Crippen LogP contribution in [-0.4, -0.2) is 69.1 Å². The fourth-order valence-electron chi connectivity index (χ4n) is 4.70. The first-order valence-corrected chi connectivity index (χ1v) is 14.0. The number of piperidine rings is 1. The summed E-state index contributed by atoms with van der Waals surface area (Å²) < 4.78 is 13.7. The summed E-state index contributed by atoms with van der Waals surface area (Å²) in [6.45, 7) is 4.93. The van der Waals surface area contributed by atoms with Gasteiger partial charge in [-0.3, -0.25) is 19.7 Å². The van der Waals surface area contributed by atoms with Crippen molar-refractivity contribution in [2.75, 3.05) is 26.7 Å². The number of aromatic nitrogens is 3. The van der Waals surface area contributed by atoms with Gasteiger partial charge in [-0.2, -0.15) is 5.10 Å². The topological polar surface area (TPSA) is 128 Å². The molecule has 5 rings (SSSR count). The third-order valence-electron chi connectivity index (χ3n) is 6.92. The van der Waals surface area contributed by atoms with E-state index in [1.807, 2.05) is 37.4 Å². The Bertz CT molecular complexity index is 1270. The minimum atomic E-state index is -0.440. The fraction of sp³-hybridized carbons (Fsp3) is 0.379. The van der Waals surface area contributed by atoms with Crippen LogP contribution in [0.3, 0.4) is 0 Å². The number of aromatic amines is 1. The summed E-state index contributed by atoms with van der Waals surface area (Å²) in [5.41, 5.74) is 10.7. The molecule has 0 bridgehead atoms. The second-order valence-corrected chi connectivity index (χ2v) is 10.5. The average molecular weight is 569 g/mol. The lowest BCUT2D eigenvalue weighted by Crippen LogP contribution is -2.39. The Labute approximate surface area is 238 Å². The number of aliphatic hydroxyl groups is 1. The molecule has 9 nitrogen and oxygen atoms in total. The van der Waals surface area contributed by atoms with E-state index in [-0.39, 0.29) is 29.4 Å². The van der Waals surface area contributed by atoms with Crippen LogP contribution in [0.15, 0.2) is 65.8 Å². The smallest absolute Gasteiger partial charge is 0.248 e. The van der Waals surface area contributed by atoms with E-state index < -0.39 is 6.61 Å².